The molecule has 0 saturated heterocycles. The molecule has 0 N–H and O–H groups in total. The summed E-state index contributed by atoms with van der Waals surface area (Å²) in [5.41, 5.74) is 0.683. The number of nitrogens with zero attached hydrogens (tertiary/aromatic N) is 3. The third kappa shape index (κ3) is 1.66. The minimum atomic E-state index is 0.0500. The monoisotopic (exact) mass is 233 g/mol. The first-order valence-corrected chi connectivity index (χ1v) is 5.97. The van der Waals surface area contributed by atoms with Gasteiger partial charge in [0.05, 0.1) is 18.8 Å². The summed E-state index contributed by atoms with van der Waals surface area (Å²) in [4.78, 5) is 28.5. The number of amides is 1. The predicted octanol–water partition coefficient (Wildman–Crippen LogP) is 1.01. The minimum absolute atomic E-state index is 0.0500. The number of fused-ring (bicyclic) bond motifs is 1. The van der Waals surface area contributed by atoms with Crippen LogP contribution in [0.4, 0.5) is 0 Å². The van der Waals surface area contributed by atoms with Crippen LogP contribution in [-0.4, -0.2) is 33.2 Å². The highest BCUT2D eigenvalue weighted by Crippen LogP contribution is 2.42. The van der Waals surface area contributed by atoms with Crippen LogP contribution >= 0.6 is 0 Å². The molecule has 1 unspecified atom stereocenters. The zero-order valence-electron chi connectivity index (χ0n) is 9.80. The third-order valence-electron chi connectivity index (χ3n) is 3.65. The standard InChI is InChI=1S/C12H15N3O2/c1-8(17)10-4-13-12-6-14(7-16)5-11(15(10)12)9-2-3-9/h4,7,9,11H,2-3,5-6H2,1H3. The van der Waals surface area contributed by atoms with Crippen LogP contribution in [0.5, 0.6) is 0 Å². The first kappa shape index (κ1) is 10.5. The van der Waals surface area contributed by atoms with E-state index in [4.69, 9.17) is 0 Å². The summed E-state index contributed by atoms with van der Waals surface area (Å²) in [5, 5.41) is 0. The van der Waals surface area contributed by atoms with Gasteiger partial charge in [0, 0.05) is 13.5 Å². The Morgan fingerprint density at radius 2 is 2.29 bits per heavy atom. The van der Waals surface area contributed by atoms with E-state index >= 15 is 0 Å². The predicted molar refractivity (Wildman–Crippen MR) is 60.5 cm³/mol. The van der Waals surface area contributed by atoms with Crippen molar-refractivity contribution in [3.8, 4) is 0 Å². The van der Waals surface area contributed by atoms with Gasteiger partial charge in [0.1, 0.15) is 11.5 Å². The summed E-state index contributed by atoms with van der Waals surface area (Å²) >= 11 is 0. The summed E-state index contributed by atoms with van der Waals surface area (Å²) in [5.74, 6) is 1.49. The number of rotatable bonds is 3. The number of carbonyl (C=O) groups excluding carboxylic acids is 2. The Morgan fingerprint density at radius 3 is 2.88 bits per heavy atom. The molecule has 1 amide bonds. The molecule has 5 nitrogen and oxygen atoms in total. The molecule has 0 aromatic carbocycles. The van der Waals surface area contributed by atoms with Crippen molar-refractivity contribution in [3.05, 3.63) is 17.7 Å². The fourth-order valence-corrected chi connectivity index (χ4v) is 2.64. The topological polar surface area (TPSA) is 55.2 Å². The smallest absolute Gasteiger partial charge is 0.210 e. The quantitative estimate of drug-likeness (QED) is 0.578. The van der Waals surface area contributed by atoms with Crippen molar-refractivity contribution < 1.29 is 9.59 Å². The molecule has 1 saturated carbocycles. The van der Waals surface area contributed by atoms with E-state index in [9.17, 15) is 9.59 Å². The molecule has 2 heterocycles. The third-order valence-corrected chi connectivity index (χ3v) is 3.65. The van der Waals surface area contributed by atoms with Crippen molar-refractivity contribution in [2.45, 2.75) is 32.4 Å². The van der Waals surface area contributed by atoms with Crippen LogP contribution in [-0.2, 0) is 11.3 Å². The molecular weight excluding hydrogens is 218 g/mol. The van der Waals surface area contributed by atoms with Gasteiger partial charge in [-0.15, -0.1) is 0 Å². The van der Waals surface area contributed by atoms with Crippen LogP contribution in [0.2, 0.25) is 0 Å². The first-order chi connectivity index (χ1) is 8.20. The van der Waals surface area contributed by atoms with E-state index < -0.39 is 0 Å². The molecule has 0 spiro atoms. The van der Waals surface area contributed by atoms with Gasteiger partial charge in [-0.3, -0.25) is 9.59 Å². The van der Waals surface area contributed by atoms with E-state index in [2.05, 4.69) is 9.55 Å². The van der Waals surface area contributed by atoms with Gasteiger partial charge in [-0.25, -0.2) is 4.98 Å². The second-order valence-corrected chi connectivity index (χ2v) is 4.93. The molecule has 90 valence electrons. The Kier molecular flexibility index (Phi) is 2.28. The van der Waals surface area contributed by atoms with E-state index in [1.165, 1.54) is 12.8 Å². The van der Waals surface area contributed by atoms with Crippen LogP contribution in [0.15, 0.2) is 6.20 Å². The molecule has 17 heavy (non-hydrogen) atoms. The lowest BCUT2D eigenvalue weighted by molar-refractivity contribution is -0.120. The lowest BCUT2D eigenvalue weighted by Gasteiger charge is -2.32. The normalized spacial score (nSPS) is 23.4. The second kappa shape index (κ2) is 3.68. The van der Waals surface area contributed by atoms with Crippen molar-refractivity contribution in [1.29, 1.82) is 0 Å². The number of imidazole rings is 1. The van der Waals surface area contributed by atoms with Crippen LogP contribution in [0, 0.1) is 5.92 Å². The number of Topliss-reactive ketones (excluding diaryl/α,β-unsaturated/α-hetero) is 1. The van der Waals surface area contributed by atoms with Crippen molar-refractivity contribution in [1.82, 2.24) is 14.5 Å². The molecule has 1 aliphatic heterocycles. The van der Waals surface area contributed by atoms with Gasteiger partial charge in [0.25, 0.3) is 0 Å². The van der Waals surface area contributed by atoms with Gasteiger partial charge in [0.15, 0.2) is 5.78 Å². The fraction of sp³-hybridized carbons (Fsp3) is 0.583. The number of hydrogen-bond acceptors (Lipinski definition) is 3. The summed E-state index contributed by atoms with van der Waals surface area (Å²) in [7, 11) is 0. The largest absolute Gasteiger partial charge is 0.336 e. The van der Waals surface area contributed by atoms with E-state index in [0.29, 0.717) is 24.7 Å². The van der Waals surface area contributed by atoms with Crippen molar-refractivity contribution in [3.63, 3.8) is 0 Å². The summed E-state index contributed by atoms with van der Waals surface area (Å²) < 4.78 is 2.06. The van der Waals surface area contributed by atoms with Crippen LogP contribution in [0.25, 0.3) is 0 Å². The van der Waals surface area contributed by atoms with Gasteiger partial charge in [-0.2, -0.15) is 0 Å². The van der Waals surface area contributed by atoms with E-state index in [1.807, 2.05) is 0 Å². The molecule has 0 bridgehead atoms. The van der Waals surface area contributed by atoms with Crippen molar-refractivity contribution in [2.24, 2.45) is 5.92 Å². The fourth-order valence-electron chi connectivity index (χ4n) is 2.64. The molecule has 1 aromatic rings. The maximum atomic E-state index is 11.6. The Morgan fingerprint density at radius 1 is 1.53 bits per heavy atom. The van der Waals surface area contributed by atoms with Gasteiger partial charge < -0.3 is 9.47 Å². The van der Waals surface area contributed by atoms with Crippen LogP contribution in [0.1, 0.15) is 42.1 Å². The average Bonchev–Trinajstić information content (AvgIpc) is 3.06. The van der Waals surface area contributed by atoms with Crippen LogP contribution < -0.4 is 0 Å². The molecule has 1 aliphatic carbocycles. The highest BCUT2D eigenvalue weighted by molar-refractivity contribution is 5.92. The molecule has 0 radical (unpaired) electrons. The molecule has 1 atom stereocenters. The number of carbonyl (C=O) groups is 2. The Bertz CT molecular complexity index is 476. The Balaban J connectivity index is 2.04. The summed E-state index contributed by atoms with van der Waals surface area (Å²) in [6, 6.07) is 0.241. The van der Waals surface area contributed by atoms with Crippen LogP contribution in [0.3, 0.4) is 0 Å². The number of ketones is 1. The second-order valence-electron chi connectivity index (χ2n) is 4.93. The molecule has 2 aliphatic rings. The van der Waals surface area contributed by atoms with Gasteiger partial charge in [-0.1, -0.05) is 0 Å². The average molecular weight is 233 g/mol. The highest BCUT2D eigenvalue weighted by Gasteiger charge is 2.38. The van der Waals surface area contributed by atoms with E-state index in [0.717, 1.165) is 12.2 Å². The maximum absolute atomic E-state index is 11.6. The lowest BCUT2D eigenvalue weighted by atomic mass is 10.1. The number of aromatic nitrogens is 2. The first-order valence-electron chi connectivity index (χ1n) is 5.97. The Labute approximate surface area is 99.4 Å². The minimum Gasteiger partial charge on any atom is -0.336 e. The highest BCUT2D eigenvalue weighted by atomic mass is 16.1. The SMILES string of the molecule is CC(=O)c1cnc2n1C(C1CC1)CN(C=O)C2. The molecule has 1 aromatic heterocycles. The van der Waals surface area contributed by atoms with Crippen molar-refractivity contribution >= 4 is 12.2 Å². The van der Waals surface area contributed by atoms with E-state index in [1.54, 1.807) is 18.0 Å². The van der Waals surface area contributed by atoms with Gasteiger partial charge in [-0.05, 0) is 18.8 Å². The molecule has 5 heteroatoms. The molecular formula is C12H15N3O2. The maximum Gasteiger partial charge on any atom is 0.210 e. The van der Waals surface area contributed by atoms with E-state index in [-0.39, 0.29) is 11.8 Å². The molecule has 1 fully saturated rings. The number of hydrogen-bond donors (Lipinski definition) is 0. The zero-order valence-corrected chi connectivity index (χ0v) is 9.80. The van der Waals surface area contributed by atoms with Gasteiger partial charge >= 0.3 is 0 Å². The zero-order chi connectivity index (χ0) is 12.0. The summed E-state index contributed by atoms with van der Waals surface area (Å²) in [6.45, 7) is 2.79. The molecule has 3 rings (SSSR count). The summed E-state index contributed by atoms with van der Waals surface area (Å²) in [6.07, 6.45) is 4.89. The lowest BCUT2D eigenvalue weighted by Crippen LogP contribution is -2.38. The Hall–Kier alpha value is -1.65. The van der Waals surface area contributed by atoms with Crippen molar-refractivity contribution in [2.75, 3.05) is 6.54 Å². The van der Waals surface area contributed by atoms with Gasteiger partial charge in [0.2, 0.25) is 6.41 Å².